The zero-order valence-electron chi connectivity index (χ0n) is 10.7. The molecule has 1 saturated heterocycles. The maximum atomic E-state index is 11.9. The number of anilines is 1. The van der Waals surface area contributed by atoms with E-state index in [9.17, 15) is 9.59 Å². The third-order valence-electron chi connectivity index (χ3n) is 3.66. The number of nitrogens with zero attached hydrogens (tertiary/aromatic N) is 1. The summed E-state index contributed by atoms with van der Waals surface area (Å²) in [5.74, 6) is -0.487. The van der Waals surface area contributed by atoms with Crippen LogP contribution in [0.15, 0.2) is 24.3 Å². The van der Waals surface area contributed by atoms with Crippen LogP contribution >= 0.6 is 0 Å². The van der Waals surface area contributed by atoms with Crippen LogP contribution < -0.4 is 5.73 Å². The summed E-state index contributed by atoms with van der Waals surface area (Å²) in [6.07, 6.45) is 0.678. The van der Waals surface area contributed by atoms with Crippen LogP contribution in [-0.4, -0.2) is 23.3 Å². The second-order valence-corrected chi connectivity index (χ2v) is 4.90. The van der Waals surface area contributed by atoms with Crippen molar-refractivity contribution >= 4 is 17.5 Å². The van der Waals surface area contributed by atoms with E-state index in [1.807, 2.05) is 38.1 Å². The monoisotopic (exact) mass is 246 g/mol. The molecule has 1 aromatic carbocycles. The molecule has 1 heterocycles. The van der Waals surface area contributed by atoms with E-state index in [0.717, 1.165) is 5.56 Å². The summed E-state index contributed by atoms with van der Waals surface area (Å²) in [5, 5.41) is 0. The van der Waals surface area contributed by atoms with E-state index >= 15 is 0 Å². The lowest BCUT2D eigenvalue weighted by Gasteiger charge is -2.14. The highest BCUT2D eigenvalue weighted by Crippen LogP contribution is 2.25. The van der Waals surface area contributed by atoms with Gasteiger partial charge >= 0.3 is 0 Å². The number of hydrogen-bond acceptors (Lipinski definition) is 3. The molecule has 2 atom stereocenters. The Morgan fingerprint density at radius 1 is 1.06 bits per heavy atom. The summed E-state index contributed by atoms with van der Waals surface area (Å²) in [7, 11) is 0. The van der Waals surface area contributed by atoms with Crippen molar-refractivity contribution in [2.24, 2.45) is 11.8 Å². The predicted molar refractivity (Wildman–Crippen MR) is 69.6 cm³/mol. The highest BCUT2D eigenvalue weighted by Gasteiger charge is 2.41. The number of benzene rings is 1. The van der Waals surface area contributed by atoms with Crippen molar-refractivity contribution in [3.05, 3.63) is 29.8 Å². The predicted octanol–water partition coefficient (Wildman–Crippen LogP) is 1.45. The second kappa shape index (κ2) is 4.80. The Morgan fingerprint density at radius 2 is 1.56 bits per heavy atom. The number of rotatable bonds is 3. The number of imide groups is 1. The Balaban J connectivity index is 2.00. The molecule has 18 heavy (non-hydrogen) atoms. The Bertz CT molecular complexity index is 447. The number of nitrogen functional groups attached to an aromatic ring is 1. The fourth-order valence-electron chi connectivity index (χ4n) is 2.17. The second-order valence-electron chi connectivity index (χ2n) is 4.90. The molecule has 0 spiro atoms. The average molecular weight is 246 g/mol. The van der Waals surface area contributed by atoms with Gasteiger partial charge in [-0.2, -0.15) is 0 Å². The van der Waals surface area contributed by atoms with Gasteiger partial charge in [0.05, 0.1) is 0 Å². The van der Waals surface area contributed by atoms with Gasteiger partial charge in [-0.15, -0.1) is 0 Å². The lowest BCUT2D eigenvalue weighted by Crippen LogP contribution is -2.32. The van der Waals surface area contributed by atoms with Gasteiger partial charge in [0.2, 0.25) is 11.8 Å². The van der Waals surface area contributed by atoms with Crippen LogP contribution in [0.25, 0.3) is 0 Å². The number of carbonyl (C=O) groups excluding carboxylic acids is 2. The lowest BCUT2D eigenvalue weighted by molar-refractivity contribution is -0.139. The first-order valence-corrected chi connectivity index (χ1v) is 6.20. The minimum atomic E-state index is -0.191. The fourth-order valence-corrected chi connectivity index (χ4v) is 2.17. The summed E-state index contributed by atoms with van der Waals surface area (Å²) in [4.78, 5) is 25.2. The number of hydrogen-bond donors (Lipinski definition) is 1. The Morgan fingerprint density at radius 3 is 2.06 bits per heavy atom. The van der Waals surface area contributed by atoms with Crippen LogP contribution in [0.2, 0.25) is 0 Å². The summed E-state index contributed by atoms with van der Waals surface area (Å²) >= 11 is 0. The minimum absolute atomic E-state index is 0.0528. The van der Waals surface area contributed by atoms with E-state index in [0.29, 0.717) is 18.7 Å². The highest BCUT2D eigenvalue weighted by atomic mass is 16.2. The van der Waals surface area contributed by atoms with Crippen LogP contribution in [0.3, 0.4) is 0 Å². The molecular formula is C14H18N2O2. The van der Waals surface area contributed by atoms with E-state index in [4.69, 9.17) is 5.73 Å². The molecule has 1 aliphatic rings. The number of likely N-dealkylation sites (tertiary alicyclic amines) is 1. The van der Waals surface area contributed by atoms with Crippen molar-refractivity contribution in [2.45, 2.75) is 20.3 Å². The summed E-state index contributed by atoms with van der Waals surface area (Å²) < 4.78 is 0. The third kappa shape index (κ3) is 2.23. The van der Waals surface area contributed by atoms with Crippen LogP contribution in [-0.2, 0) is 16.0 Å². The van der Waals surface area contributed by atoms with Gasteiger partial charge in [0.15, 0.2) is 0 Å². The van der Waals surface area contributed by atoms with Gasteiger partial charge in [-0.05, 0) is 24.1 Å². The summed E-state index contributed by atoms with van der Waals surface area (Å²) in [6.45, 7) is 4.08. The Kier molecular flexibility index (Phi) is 3.36. The SMILES string of the molecule is CC1C(=O)N(CCc2ccc(N)cc2)C(=O)C1C. The Labute approximate surface area is 107 Å². The van der Waals surface area contributed by atoms with Crippen molar-refractivity contribution in [2.75, 3.05) is 12.3 Å². The van der Waals surface area contributed by atoms with Gasteiger partial charge in [0, 0.05) is 24.1 Å². The zero-order chi connectivity index (χ0) is 13.3. The number of nitrogens with two attached hydrogens (primary N) is 1. The first kappa shape index (κ1) is 12.6. The minimum Gasteiger partial charge on any atom is -0.399 e. The fraction of sp³-hybridized carbons (Fsp3) is 0.429. The van der Waals surface area contributed by atoms with Gasteiger partial charge < -0.3 is 5.73 Å². The molecule has 2 rings (SSSR count). The quantitative estimate of drug-likeness (QED) is 0.648. The van der Waals surface area contributed by atoms with Crippen molar-refractivity contribution in [1.29, 1.82) is 0 Å². The van der Waals surface area contributed by atoms with E-state index < -0.39 is 0 Å². The van der Waals surface area contributed by atoms with Crippen molar-refractivity contribution in [3.63, 3.8) is 0 Å². The summed E-state index contributed by atoms with van der Waals surface area (Å²) in [5.41, 5.74) is 7.40. The van der Waals surface area contributed by atoms with Crippen LogP contribution in [0, 0.1) is 11.8 Å². The molecule has 96 valence electrons. The largest absolute Gasteiger partial charge is 0.399 e. The molecule has 1 aliphatic heterocycles. The maximum Gasteiger partial charge on any atom is 0.232 e. The molecule has 0 bridgehead atoms. The van der Waals surface area contributed by atoms with E-state index in [1.54, 1.807) is 0 Å². The average Bonchev–Trinajstić information content (AvgIpc) is 2.54. The molecule has 4 heteroatoms. The smallest absolute Gasteiger partial charge is 0.232 e. The molecule has 0 radical (unpaired) electrons. The van der Waals surface area contributed by atoms with E-state index in [-0.39, 0.29) is 23.7 Å². The highest BCUT2D eigenvalue weighted by molar-refractivity contribution is 6.04. The molecule has 1 aromatic rings. The Hall–Kier alpha value is -1.84. The molecule has 0 saturated carbocycles. The van der Waals surface area contributed by atoms with Gasteiger partial charge in [0.1, 0.15) is 0 Å². The molecule has 1 fully saturated rings. The van der Waals surface area contributed by atoms with Crippen LogP contribution in [0.4, 0.5) is 5.69 Å². The lowest BCUT2D eigenvalue weighted by atomic mass is 10.00. The zero-order valence-corrected chi connectivity index (χ0v) is 10.7. The molecule has 4 nitrogen and oxygen atoms in total. The normalized spacial score (nSPS) is 23.8. The topological polar surface area (TPSA) is 63.4 Å². The van der Waals surface area contributed by atoms with Gasteiger partial charge in [-0.3, -0.25) is 14.5 Å². The van der Waals surface area contributed by atoms with Crippen molar-refractivity contribution < 1.29 is 9.59 Å². The maximum absolute atomic E-state index is 11.9. The molecule has 0 aliphatic carbocycles. The first-order chi connectivity index (χ1) is 8.50. The van der Waals surface area contributed by atoms with Crippen molar-refractivity contribution in [3.8, 4) is 0 Å². The standard InChI is InChI=1S/C14H18N2O2/c1-9-10(2)14(18)16(13(9)17)8-7-11-3-5-12(15)6-4-11/h3-6,9-10H,7-8,15H2,1-2H3. The van der Waals surface area contributed by atoms with Gasteiger partial charge in [0.25, 0.3) is 0 Å². The molecule has 2 unspecified atom stereocenters. The number of carbonyl (C=O) groups is 2. The summed E-state index contributed by atoms with van der Waals surface area (Å²) in [6, 6.07) is 7.50. The van der Waals surface area contributed by atoms with Crippen LogP contribution in [0.1, 0.15) is 19.4 Å². The molecular weight excluding hydrogens is 228 g/mol. The van der Waals surface area contributed by atoms with E-state index in [2.05, 4.69) is 0 Å². The molecule has 2 N–H and O–H groups in total. The van der Waals surface area contributed by atoms with Crippen LogP contribution in [0.5, 0.6) is 0 Å². The van der Waals surface area contributed by atoms with Gasteiger partial charge in [-0.25, -0.2) is 0 Å². The van der Waals surface area contributed by atoms with Gasteiger partial charge in [-0.1, -0.05) is 26.0 Å². The molecule has 2 amide bonds. The first-order valence-electron chi connectivity index (χ1n) is 6.20. The van der Waals surface area contributed by atoms with E-state index in [1.165, 1.54) is 4.90 Å². The van der Waals surface area contributed by atoms with Crippen molar-refractivity contribution in [1.82, 2.24) is 4.90 Å². The third-order valence-corrected chi connectivity index (χ3v) is 3.66. The number of amides is 2. The molecule has 0 aromatic heterocycles.